The van der Waals surface area contributed by atoms with Gasteiger partial charge in [0.2, 0.25) is 0 Å². The summed E-state index contributed by atoms with van der Waals surface area (Å²) < 4.78 is 0. The number of phenols is 2. The lowest BCUT2D eigenvalue weighted by Gasteiger charge is -2.08. The van der Waals surface area contributed by atoms with E-state index < -0.39 is 44.5 Å². The van der Waals surface area contributed by atoms with Crippen LogP contribution in [0.25, 0.3) is 12.2 Å². The highest BCUT2D eigenvalue weighted by molar-refractivity contribution is 6.02. The Kier molecular flexibility index (Phi) is 9.64. The van der Waals surface area contributed by atoms with E-state index in [1.54, 1.807) is 36.4 Å². The zero-order chi connectivity index (χ0) is 30.8. The molecule has 0 bridgehead atoms. The first kappa shape index (κ1) is 30.0. The lowest BCUT2D eigenvalue weighted by atomic mass is 10.1. The molecule has 0 aromatic heterocycles. The van der Waals surface area contributed by atoms with Crippen molar-refractivity contribution in [1.82, 2.24) is 10.6 Å². The molecule has 3 aromatic carbocycles. The Bertz CT molecular complexity index is 1610. The van der Waals surface area contributed by atoms with Gasteiger partial charge < -0.3 is 20.8 Å². The van der Waals surface area contributed by atoms with Gasteiger partial charge in [0, 0.05) is 25.2 Å². The van der Waals surface area contributed by atoms with Gasteiger partial charge in [0.05, 0.1) is 9.85 Å². The number of carbonyl (C=O) groups excluding carboxylic acids is 2. The van der Waals surface area contributed by atoms with Crippen molar-refractivity contribution in [2.45, 2.75) is 13.1 Å². The van der Waals surface area contributed by atoms with Gasteiger partial charge >= 0.3 is 11.4 Å². The maximum Gasteiger partial charge on any atom is 0.311 e. The molecule has 0 aliphatic carbocycles. The Morgan fingerprint density at radius 2 is 1.14 bits per heavy atom. The number of benzene rings is 3. The molecule has 14 heteroatoms. The molecule has 0 spiro atoms. The van der Waals surface area contributed by atoms with Crippen molar-refractivity contribution >= 4 is 35.3 Å². The molecule has 0 aliphatic rings. The van der Waals surface area contributed by atoms with Gasteiger partial charge in [-0.2, -0.15) is 10.5 Å². The summed E-state index contributed by atoms with van der Waals surface area (Å²) >= 11 is 0. The highest BCUT2D eigenvalue weighted by atomic mass is 16.6. The van der Waals surface area contributed by atoms with Crippen molar-refractivity contribution in [1.29, 1.82) is 10.5 Å². The molecule has 42 heavy (non-hydrogen) atoms. The lowest BCUT2D eigenvalue weighted by molar-refractivity contribution is -0.386. The molecular formula is C28H20N6O8. The number of carbonyl (C=O) groups is 2. The van der Waals surface area contributed by atoms with Crippen LogP contribution in [-0.2, 0) is 22.7 Å². The second-order valence-corrected chi connectivity index (χ2v) is 8.54. The molecule has 14 nitrogen and oxygen atoms in total. The van der Waals surface area contributed by atoms with Crippen molar-refractivity contribution in [2.75, 3.05) is 0 Å². The topological polar surface area (TPSA) is 233 Å². The van der Waals surface area contributed by atoms with Gasteiger partial charge in [-0.3, -0.25) is 29.8 Å². The standard InChI is InChI=1S/C28H20N6O8/c29-13-21(9-17-4-6-25(35)23(11-17)33(39)40)27(37)31-15-19-2-1-3-20(8-19)16-32-28(38)22(14-30)10-18-5-7-26(36)24(12-18)34(41)42/h1-12,35-36H,15-16H2,(H,31,37)(H,32,38)/b21-9-,22-10-. The molecule has 0 heterocycles. The summed E-state index contributed by atoms with van der Waals surface area (Å²) in [5.74, 6) is -2.60. The third-order valence-corrected chi connectivity index (χ3v) is 5.64. The van der Waals surface area contributed by atoms with Crippen molar-refractivity contribution < 1.29 is 29.6 Å². The van der Waals surface area contributed by atoms with E-state index in [0.29, 0.717) is 11.1 Å². The molecule has 3 aromatic rings. The number of phenolic OH excluding ortho intramolecular Hbond substituents is 2. The smallest absolute Gasteiger partial charge is 0.311 e. The van der Waals surface area contributed by atoms with Crippen molar-refractivity contribution in [3.8, 4) is 23.6 Å². The van der Waals surface area contributed by atoms with E-state index in [2.05, 4.69) is 10.6 Å². The van der Waals surface area contributed by atoms with Crippen molar-refractivity contribution in [3.63, 3.8) is 0 Å². The highest BCUT2D eigenvalue weighted by Gasteiger charge is 2.16. The molecule has 4 N–H and O–H groups in total. The number of hydrogen-bond acceptors (Lipinski definition) is 10. The third kappa shape index (κ3) is 7.75. The molecule has 0 saturated carbocycles. The average molecular weight is 569 g/mol. The van der Waals surface area contributed by atoms with E-state index in [-0.39, 0.29) is 35.4 Å². The summed E-state index contributed by atoms with van der Waals surface area (Å²) in [4.78, 5) is 45.5. The Morgan fingerprint density at radius 1 is 0.738 bits per heavy atom. The third-order valence-electron chi connectivity index (χ3n) is 5.64. The van der Waals surface area contributed by atoms with Gasteiger partial charge in [-0.25, -0.2) is 0 Å². The number of aromatic hydroxyl groups is 2. The van der Waals surface area contributed by atoms with Crippen LogP contribution in [0, 0.1) is 42.9 Å². The molecule has 0 atom stereocenters. The molecule has 210 valence electrons. The van der Waals surface area contributed by atoms with Gasteiger partial charge in [0.15, 0.2) is 11.5 Å². The molecular weight excluding hydrogens is 548 g/mol. The number of nitro groups is 2. The van der Waals surface area contributed by atoms with E-state index in [0.717, 1.165) is 36.4 Å². The predicted octanol–water partition coefficient (Wildman–Crippen LogP) is 3.36. The number of hydrogen-bond donors (Lipinski definition) is 4. The monoisotopic (exact) mass is 568 g/mol. The first-order chi connectivity index (χ1) is 20.0. The Balaban J connectivity index is 1.64. The van der Waals surface area contributed by atoms with Crippen LogP contribution in [0.15, 0.2) is 71.8 Å². The molecule has 0 fully saturated rings. The zero-order valence-electron chi connectivity index (χ0n) is 21.5. The minimum atomic E-state index is -0.796. The number of nitrogens with zero attached hydrogens (tertiary/aromatic N) is 4. The predicted molar refractivity (Wildman–Crippen MR) is 147 cm³/mol. The van der Waals surface area contributed by atoms with E-state index >= 15 is 0 Å². The van der Waals surface area contributed by atoms with E-state index in [1.165, 1.54) is 12.1 Å². The summed E-state index contributed by atoms with van der Waals surface area (Å²) in [6, 6.07) is 17.0. The fourth-order valence-corrected chi connectivity index (χ4v) is 3.59. The van der Waals surface area contributed by atoms with Crippen LogP contribution in [0.5, 0.6) is 11.5 Å². The van der Waals surface area contributed by atoms with Crippen LogP contribution in [0.2, 0.25) is 0 Å². The normalized spacial score (nSPS) is 11.1. The van der Waals surface area contributed by atoms with Crippen LogP contribution in [0.1, 0.15) is 22.3 Å². The number of amides is 2. The number of rotatable bonds is 10. The van der Waals surface area contributed by atoms with E-state index in [9.17, 15) is 50.6 Å². The van der Waals surface area contributed by atoms with Crippen LogP contribution in [0.4, 0.5) is 11.4 Å². The quantitative estimate of drug-likeness (QED) is 0.120. The molecule has 2 amide bonds. The number of nitro benzene ring substituents is 2. The molecule has 0 unspecified atom stereocenters. The van der Waals surface area contributed by atoms with Gasteiger partial charge in [-0.1, -0.05) is 36.4 Å². The fourth-order valence-electron chi connectivity index (χ4n) is 3.59. The SMILES string of the molecule is N#C/C(=C/c1ccc(O)c([N+](=O)[O-])c1)C(=O)NCc1cccc(CNC(=O)/C(C#N)=C\c2ccc(O)c([N+](=O)[O-])c2)c1. The van der Waals surface area contributed by atoms with Crippen LogP contribution >= 0.6 is 0 Å². The Morgan fingerprint density at radius 3 is 1.50 bits per heavy atom. The summed E-state index contributed by atoms with van der Waals surface area (Å²) in [6.45, 7) is -0.00328. The molecule has 0 aliphatic heterocycles. The minimum absolute atomic E-state index is 0.00164. The Hall–Kier alpha value is -6.54. The van der Waals surface area contributed by atoms with Gasteiger partial charge in [0.1, 0.15) is 23.3 Å². The average Bonchev–Trinajstić information content (AvgIpc) is 2.97. The van der Waals surface area contributed by atoms with E-state index in [4.69, 9.17) is 0 Å². The fraction of sp³-hybridized carbons (Fsp3) is 0.0714. The molecule has 0 radical (unpaired) electrons. The maximum absolute atomic E-state index is 12.5. The second-order valence-electron chi connectivity index (χ2n) is 8.54. The summed E-state index contributed by atoms with van der Waals surface area (Å²) in [5.41, 5.74) is -0.252. The highest BCUT2D eigenvalue weighted by Crippen LogP contribution is 2.28. The summed E-state index contributed by atoms with van der Waals surface area (Å²) in [6.07, 6.45) is 2.29. The summed E-state index contributed by atoms with van der Waals surface area (Å²) in [7, 11) is 0. The number of nitriles is 2. The van der Waals surface area contributed by atoms with Gasteiger partial charge in [0.25, 0.3) is 11.8 Å². The Labute approximate surface area is 237 Å². The first-order valence-electron chi connectivity index (χ1n) is 11.8. The van der Waals surface area contributed by atoms with E-state index in [1.807, 2.05) is 0 Å². The van der Waals surface area contributed by atoms with Crippen LogP contribution < -0.4 is 10.6 Å². The largest absolute Gasteiger partial charge is 0.502 e. The number of nitrogens with one attached hydrogen (secondary N) is 2. The first-order valence-corrected chi connectivity index (χ1v) is 11.8. The second kappa shape index (κ2) is 13.5. The molecule has 0 saturated heterocycles. The zero-order valence-corrected chi connectivity index (χ0v) is 21.5. The van der Waals surface area contributed by atoms with Crippen molar-refractivity contribution in [2.24, 2.45) is 0 Å². The summed E-state index contributed by atoms with van der Waals surface area (Å²) in [5, 5.41) is 65.1. The van der Waals surface area contributed by atoms with Crippen molar-refractivity contribution in [3.05, 3.63) is 114 Å². The maximum atomic E-state index is 12.5. The van der Waals surface area contributed by atoms with Gasteiger partial charge in [-0.05, 0) is 46.5 Å². The minimum Gasteiger partial charge on any atom is -0.502 e. The van der Waals surface area contributed by atoms with Gasteiger partial charge in [-0.15, -0.1) is 0 Å². The lowest BCUT2D eigenvalue weighted by Crippen LogP contribution is -2.25. The van der Waals surface area contributed by atoms with Crippen LogP contribution in [-0.4, -0.2) is 31.9 Å². The molecule has 3 rings (SSSR count). The van der Waals surface area contributed by atoms with Crippen LogP contribution in [0.3, 0.4) is 0 Å².